The van der Waals surface area contributed by atoms with Crippen molar-refractivity contribution in [2.24, 2.45) is 0 Å². The maximum atomic E-state index is 13.7. The fourth-order valence-corrected chi connectivity index (χ4v) is 6.88. The minimum absolute atomic E-state index is 0.129. The van der Waals surface area contributed by atoms with Gasteiger partial charge >= 0.3 is 15.6 Å². The third-order valence-corrected chi connectivity index (χ3v) is 9.53. The second-order valence-electron chi connectivity index (χ2n) is 11.7. The summed E-state index contributed by atoms with van der Waals surface area (Å²) in [6, 6.07) is 50.4. The molecule has 252 valence electrons. The molecule has 0 saturated heterocycles. The Kier molecular flexibility index (Phi) is 7.88. The van der Waals surface area contributed by atoms with Gasteiger partial charge in [-0.15, -0.1) is 0 Å². The zero-order valence-electron chi connectivity index (χ0n) is 26.7. The minimum Gasteiger partial charge on any atom is -0.456 e. The largest absolute Gasteiger partial charge is 0.534 e. The lowest BCUT2D eigenvalue weighted by atomic mass is 10.0. The molecular weight excluding hydrogens is 674 g/mol. The van der Waals surface area contributed by atoms with Crippen molar-refractivity contribution in [1.29, 1.82) is 0 Å². The molecule has 0 amide bonds. The van der Waals surface area contributed by atoms with Crippen molar-refractivity contribution in [3.8, 4) is 5.75 Å². The van der Waals surface area contributed by atoms with E-state index in [2.05, 4.69) is 4.90 Å². The fraction of sp³-hybridized carbons (Fsp3) is 0.0244. The third kappa shape index (κ3) is 5.79. The first-order chi connectivity index (χ1) is 24.7. The van der Waals surface area contributed by atoms with Gasteiger partial charge in [0.2, 0.25) is 0 Å². The SMILES string of the molecule is O=S(=O)(Oc1cc(N(c2ccccc2)c2cccc3ccccc23)c2c(c1)oc1cccc(N(c3ccccc3)c3ccccc3)c12)C(F)(F)F. The van der Waals surface area contributed by atoms with Crippen LogP contribution in [0.25, 0.3) is 32.7 Å². The molecule has 0 aliphatic heterocycles. The Morgan fingerprint density at radius 1 is 0.510 bits per heavy atom. The van der Waals surface area contributed by atoms with Crippen molar-refractivity contribution >= 4 is 77.0 Å². The fourth-order valence-electron chi connectivity index (χ4n) is 6.44. The van der Waals surface area contributed by atoms with Crippen LogP contribution < -0.4 is 14.0 Å². The molecular formula is C41H27F3N2O4S. The number of fused-ring (bicyclic) bond motifs is 4. The van der Waals surface area contributed by atoms with E-state index < -0.39 is 21.4 Å². The molecule has 7 aromatic carbocycles. The molecule has 0 N–H and O–H groups in total. The zero-order chi connectivity index (χ0) is 35.2. The van der Waals surface area contributed by atoms with Gasteiger partial charge in [0.25, 0.3) is 0 Å². The van der Waals surface area contributed by atoms with Crippen LogP contribution in [0.3, 0.4) is 0 Å². The number of halogens is 3. The van der Waals surface area contributed by atoms with Gasteiger partial charge in [-0.25, -0.2) is 0 Å². The Balaban J connectivity index is 1.50. The molecule has 1 aromatic heterocycles. The van der Waals surface area contributed by atoms with Gasteiger partial charge in [0.05, 0.1) is 27.8 Å². The van der Waals surface area contributed by atoms with E-state index >= 15 is 0 Å². The van der Waals surface area contributed by atoms with Crippen LogP contribution in [-0.2, 0) is 10.1 Å². The molecule has 8 aromatic rings. The molecule has 0 aliphatic carbocycles. The number of rotatable bonds is 8. The standard InChI is InChI=1S/C41H27F3N2O4S/c42-41(43,44)51(47,48)50-32-26-36(46(31-20-8-3-9-21-31)34-23-12-15-28-14-10-11-22-33(28)34)40-38(27-32)49-37-25-13-24-35(39(37)40)45(29-16-4-1-5-17-29)30-18-6-2-7-19-30/h1-27H. The summed E-state index contributed by atoms with van der Waals surface area (Å²) < 4.78 is 77.0. The average Bonchev–Trinajstić information content (AvgIpc) is 3.52. The van der Waals surface area contributed by atoms with E-state index in [1.54, 1.807) is 6.07 Å². The summed E-state index contributed by atoms with van der Waals surface area (Å²) >= 11 is 0. The van der Waals surface area contributed by atoms with Crippen LogP contribution in [0.1, 0.15) is 0 Å². The maximum absolute atomic E-state index is 13.7. The number of alkyl halides is 3. The third-order valence-electron chi connectivity index (χ3n) is 8.55. The summed E-state index contributed by atoms with van der Waals surface area (Å²) in [6.45, 7) is 0. The highest BCUT2D eigenvalue weighted by Gasteiger charge is 2.48. The van der Waals surface area contributed by atoms with E-state index in [0.717, 1.165) is 27.8 Å². The lowest BCUT2D eigenvalue weighted by Crippen LogP contribution is -2.28. The van der Waals surface area contributed by atoms with Crippen molar-refractivity contribution in [2.75, 3.05) is 9.80 Å². The van der Waals surface area contributed by atoms with Crippen molar-refractivity contribution in [1.82, 2.24) is 0 Å². The molecule has 8 rings (SSSR count). The number of hydrogen-bond acceptors (Lipinski definition) is 6. The quantitative estimate of drug-likeness (QED) is 0.116. The van der Waals surface area contributed by atoms with Crippen LogP contribution in [0, 0.1) is 0 Å². The molecule has 0 saturated carbocycles. The first kappa shape index (κ1) is 32.0. The summed E-state index contributed by atoms with van der Waals surface area (Å²) in [5, 5.41) is 2.97. The molecule has 1 heterocycles. The predicted molar refractivity (Wildman–Crippen MR) is 196 cm³/mol. The van der Waals surface area contributed by atoms with Crippen LogP contribution in [0.15, 0.2) is 168 Å². The summed E-state index contributed by atoms with van der Waals surface area (Å²) in [4.78, 5) is 3.96. The second-order valence-corrected chi connectivity index (χ2v) is 13.3. The highest BCUT2D eigenvalue weighted by atomic mass is 32.2. The highest BCUT2D eigenvalue weighted by Crippen LogP contribution is 2.50. The molecule has 0 unspecified atom stereocenters. The first-order valence-corrected chi connectivity index (χ1v) is 17.3. The molecule has 0 radical (unpaired) electrons. The van der Waals surface area contributed by atoms with Crippen LogP contribution in [-0.4, -0.2) is 13.9 Å². The number of hydrogen-bond donors (Lipinski definition) is 0. The normalized spacial score (nSPS) is 12.0. The minimum atomic E-state index is -6.02. The number of anilines is 6. The Bertz CT molecular complexity index is 2590. The van der Waals surface area contributed by atoms with Crippen LogP contribution >= 0.6 is 0 Å². The van der Waals surface area contributed by atoms with Gasteiger partial charge in [0.15, 0.2) is 0 Å². The number of para-hydroxylation sites is 3. The van der Waals surface area contributed by atoms with E-state index in [9.17, 15) is 21.6 Å². The van der Waals surface area contributed by atoms with E-state index in [4.69, 9.17) is 8.60 Å². The molecule has 51 heavy (non-hydrogen) atoms. The van der Waals surface area contributed by atoms with Crippen LogP contribution in [0.5, 0.6) is 5.75 Å². The number of benzene rings is 7. The van der Waals surface area contributed by atoms with E-state index in [-0.39, 0.29) is 5.58 Å². The summed E-state index contributed by atoms with van der Waals surface area (Å²) in [5.74, 6) is -0.556. The molecule has 0 atom stereocenters. The van der Waals surface area contributed by atoms with Gasteiger partial charge in [-0.3, -0.25) is 0 Å². The smallest absolute Gasteiger partial charge is 0.456 e. The Morgan fingerprint density at radius 2 is 1.02 bits per heavy atom. The molecule has 0 spiro atoms. The molecule has 0 aliphatic rings. The van der Waals surface area contributed by atoms with Crippen LogP contribution in [0.4, 0.5) is 47.3 Å². The molecule has 6 nitrogen and oxygen atoms in total. The van der Waals surface area contributed by atoms with E-state index in [1.807, 2.05) is 150 Å². The molecule has 0 fully saturated rings. The van der Waals surface area contributed by atoms with Crippen molar-refractivity contribution in [3.63, 3.8) is 0 Å². The predicted octanol–water partition coefficient (Wildman–Crippen LogP) is 11.9. The monoisotopic (exact) mass is 700 g/mol. The number of nitrogens with zero attached hydrogens (tertiary/aromatic N) is 2. The van der Waals surface area contributed by atoms with Crippen molar-refractivity contribution in [2.45, 2.75) is 5.51 Å². The van der Waals surface area contributed by atoms with Gasteiger partial charge < -0.3 is 18.4 Å². The Labute approximate surface area is 291 Å². The first-order valence-electron chi connectivity index (χ1n) is 15.9. The summed E-state index contributed by atoms with van der Waals surface area (Å²) in [6.07, 6.45) is 0. The Morgan fingerprint density at radius 3 is 1.65 bits per heavy atom. The van der Waals surface area contributed by atoms with Gasteiger partial charge in [-0.2, -0.15) is 21.6 Å². The lowest BCUT2D eigenvalue weighted by molar-refractivity contribution is -0.0500. The molecule has 0 bridgehead atoms. The lowest BCUT2D eigenvalue weighted by Gasteiger charge is -2.29. The van der Waals surface area contributed by atoms with Crippen molar-refractivity contribution in [3.05, 3.63) is 164 Å². The zero-order valence-corrected chi connectivity index (χ0v) is 27.5. The Hall–Kier alpha value is -6.26. The summed E-state index contributed by atoms with van der Waals surface area (Å²) in [7, 11) is -6.02. The van der Waals surface area contributed by atoms with Crippen LogP contribution in [0.2, 0.25) is 0 Å². The average molecular weight is 701 g/mol. The maximum Gasteiger partial charge on any atom is 0.534 e. The van der Waals surface area contributed by atoms with E-state index in [1.165, 1.54) is 12.1 Å². The summed E-state index contributed by atoms with van der Waals surface area (Å²) in [5.41, 5.74) is -0.931. The van der Waals surface area contributed by atoms with Crippen molar-refractivity contribution < 1.29 is 30.2 Å². The highest BCUT2D eigenvalue weighted by molar-refractivity contribution is 7.88. The number of furan rings is 1. The van der Waals surface area contributed by atoms with Gasteiger partial charge in [-0.1, -0.05) is 97.1 Å². The van der Waals surface area contributed by atoms with Gasteiger partial charge in [-0.05, 0) is 60.0 Å². The van der Waals surface area contributed by atoms with E-state index in [0.29, 0.717) is 33.4 Å². The molecule has 10 heteroatoms. The second kappa shape index (κ2) is 12.6. The topological polar surface area (TPSA) is 63.0 Å². The van der Waals surface area contributed by atoms with Gasteiger partial charge in [0, 0.05) is 34.6 Å². The van der Waals surface area contributed by atoms with Gasteiger partial charge in [0.1, 0.15) is 16.9 Å².